The summed E-state index contributed by atoms with van der Waals surface area (Å²) in [5.41, 5.74) is 7.00. The van der Waals surface area contributed by atoms with Gasteiger partial charge in [0.25, 0.3) is 5.91 Å². The smallest absolute Gasteiger partial charge is 0.337 e. The highest BCUT2D eigenvalue weighted by Crippen LogP contribution is 2.22. The highest BCUT2D eigenvalue weighted by atomic mass is 35.5. The highest BCUT2D eigenvalue weighted by molar-refractivity contribution is 6.32. The van der Waals surface area contributed by atoms with Gasteiger partial charge in [0.15, 0.2) is 0 Å². The first kappa shape index (κ1) is 14.9. The third kappa shape index (κ3) is 3.14. The van der Waals surface area contributed by atoms with Crippen LogP contribution in [-0.4, -0.2) is 17.0 Å². The number of hydrogen-bond donors (Lipinski definition) is 3. The van der Waals surface area contributed by atoms with Crippen LogP contribution in [0, 0.1) is 6.92 Å². The van der Waals surface area contributed by atoms with Gasteiger partial charge in [0, 0.05) is 16.3 Å². The maximum atomic E-state index is 12.3. The van der Waals surface area contributed by atoms with Gasteiger partial charge in [-0.3, -0.25) is 4.79 Å². The molecule has 0 saturated heterocycles. The minimum Gasteiger partial charge on any atom is -0.478 e. The van der Waals surface area contributed by atoms with Crippen LogP contribution < -0.4 is 11.1 Å². The van der Waals surface area contributed by atoms with E-state index in [1.165, 1.54) is 18.2 Å². The molecule has 5 nitrogen and oxygen atoms in total. The van der Waals surface area contributed by atoms with E-state index in [0.29, 0.717) is 21.8 Å². The number of carbonyl (C=O) groups is 2. The normalized spacial score (nSPS) is 10.2. The molecule has 0 heterocycles. The Morgan fingerprint density at radius 3 is 2.57 bits per heavy atom. The number of rotatable bonds is 3. The van der Waals surface area contributed by atoms with Crippen LogP contribution in [0.1, 0.15) is 26.3 Å². The first-order valence-corrected chi connectivity index (χ1v) is 6.47. The molecule has 0 aromatic heterocycles. The van der Waals surface area contributed by atoms with Gasteiger partial charge in [-0.1, -0.05) is 17.7 Å². The molecule has 4 N–H and O–H groups in total. The number of halogens is 1. The summed E-state index contributed by atoms with van der Waals surface area (Å²) in [5.74, 6) is -1.59. The van der Waals surface area contributed by atoms with E-state index >= 15 is 0 Å². The van der Waals surface area contributed by atoms with E-state index in [2.05, 4.69) is 5.32 Å². The first-order chi connectivity index (χ1) is 9.90. The standard InChI is InChI=1S/C15H13ClN2O3/c1-8-10(3-2-4-12(8)16)14(19)18-13-6-5-9(17)7-11(13)15(20)21/h2-7H,17H2,1H3,(H,18,19)(H,20,21). The van der Waals surface area contributed by atoms with E-state index in [4.69, 9.17) is 22.4 Å². The molecule has 0 spiro atoms. The molecular formula is C15H13ClN2O3. The summed E-state index contributed by atoms with van der Waals surface area (Å²) in [7, 11) is 0. The van der Waals surface area contributed by atoms with E-state index in [1.807, 2.05) is 0 Å². The van der Waals surface area contributed by atoms with E-state index in [1.54, 1.807) is 25.1 Å². The Kier molecular flexibility index (Phi) is 4.14. The van der Waals surface area contributed by atoms with Gasteiger partial charge < -0.3 is 16.2 Å². The first-order valence-electron chi connectivity index (χ1n) is 6.09. The Balaban J connectivity index is 2.36. The minimum atomic E-state index is -1.17. The molecule has 0 fully saturated rings. The monoisotopic (exact) mass is 304 g/mol. The molecule has 108 valence electrons. The fourth-order valence-corrected chi connectivity index (χ4v) is 2.07. The van der Waals surface area contributed by atoms with Gasteiger partial charge in [0.1, 0.15) is 0 Å². The lowest BCUT2D eigenvalue weighted by molar-refractivity contribution is 0.0698. The second kappa shape index (κ2) is 5.85. The summed E-state index contributed by atoms with van der Waals surface area (Å²) in [6, 6.07) is 9.23. The largest absolute Gasteiger partial charge is 0.478 e. The van der Waals surface area contributed by atoms with Crippen molar-refractivity contribution in [2.24, 2.45) is 0 Å². The zero-order chi connectivity index (χ0) is 15.6. The molecule has 6 heteroatoms. The molecule has 0 aliphatic carbocycles. The number of benzene rings is 2. The maximum Gasteiger partial charge on any atom is 0.337 e. The van der Waals surface area contributed by atoms with Gasteiger partial charge in [-0.05, 0) is 42.8 Å². The van der Waals surface area contributed by atoms with E-state index in [9.17, 15) is 9.59 Å². The van der Waals surface area contributed by atoms with Crippen molar-refractivity contribution in [3.05, 3.63) is 58.1 Å². The maximum absolute atomic E-state index is 12.3. The lowest BCUT2D eigenvalue weighted by atomic mass is 10.1. The molecule has 2 aromatic rings. The molecule has 1 amide bonds. The summed E-state index contributed by atoms with van der Waals surface area (Å²) < 4.78 is 0. The average molecular weight is 305 g/mol. The number of carboxylic acids is 1. The molecule has 0 radical (unpaired) electrons. The second-order valence-electron chi connectivity index (χ2n) is 4.48. The third-order valence-corrected chi connectivity index (χ3v) is 3.44. The van der Waals surface area contributed by atoms with Gasteiger partial charge in [-0.15, -0.1) is 0 Å². The van der Waals surface area contributed by atoms with Crippen molar-refractivity contribution < 1.29 is 14.7 Å². The van der Waals surface area contributed by atoms with E-state index in [-0.39, 0.29) is 11.3 Å². The second-order valence-corrected chi connectivity index (χ2v) is 4.88. The van der Waals surface area contributed by atoms with Crippen LogP contribution >= 0.6 is 11.6 Å². The zero-order valence-corrected chi connectivity index (χ0v) is 11.9. The molecule has 0 saturated carbocycles. The van der Waals surface area contributed by atoms with E-state index in [0.717, 1.165) is 0 Å². The molecule has 2 aromatic carbocycles. The van der Waals surface area contributed by atoms with Crippen LogP contribution in [0.4, 0.5) is 11.4 Å². The lowest BCUT2D eigenvalue weighted by Gasteiger charge is -2.11. The third-order valence-electron chi connectivity index (χ3n) is 3.03. The van der Waals surface area contributed by atoms with Gasteiger partial charge in [0.2, 0.25) is 0 Å². The van der Waals surface area contributed by atoms with Crippen molar-refractivity contribution in [1.29, 1.82) is 0 Å². The van der Waals surface area contributed by atoms with Gasteiger partial charge in [-0.2, -0.15) is 0 Å². The summed E-state index contributed by atoms with van der Waals surface area (Å²) >= 11 is 5.97. The average Bonchev–Trinajstić information content (AvgIpc) is 2.43. The topological polar surface area (TPSA) is 92.4 Å². The number of anilines is 2. The number of amides is 1. The number of carboxylic acid groups (broad SMARTS) is 1. The van der Waals surface area contributed by atoms with Crippen molar-refractivity contribution in [3.8, 4) is 0 Å². The number of carbonyl (C=O) groups excluding carboxylic acids is 1. The molecular weight excluding hydrogens is 292 g/mol. The highest BCUT2D eigenvalue weighted by Gasteiger charge is 2.16. The summed E-state index contributed by atoms with van der Waals surface area (Å²) in [6.07, 6.45) is 0. The SMILES string of the molecule is Cc1c(Cl)cccc1C(=O)Nc1ccc(N)cc1C(=O)O. The molecule has 21 heavy (non-hydrogen) atoms. The number of nitrogens with one attached hydrogen (secondary N) is 1. The number of aromatic carboxylic acids is 1. The van der Waals surface area contributed by atoms with Crippen LogP contribution in [0.15, 0.2) is 36.4 Å². The van der Waals surface area contributed by atoms with Crippen LogP contribution in [0.3, 0.4) is 0 Å². The minimum absolute atomic E-state index is 0.0666. The van der Waals surface area contributed by atoms with Gasteiger partial charge in [-0.25, -0.2) is 4.79 Å². The van der Waals surface area contributed by atoms with Crippen molar-refractivity contribution in [3.63, 3.8) is 0 Å². The van der Waals surface area contributed by atoms with Crippen molar-refractivity contribution in [1.82, 2.24) is 0 Å². The van der Waals surface area contributed by atoms with E-state index < -0.39 is 11.9 Å². The Morgan fingerprint density at radius 1 is 1.19 bits per heavy atom. The fourth-order valence-electron chi connectivity index (χ4n) is 1.89. The van der Waals surface area contributed by atoms with Gasteiger partial charge in [0.05, 0.1) is 11.3 Å². The summed E-state index contributed by atoms with van der Waals surface area (Å²) in [4.78, 5) is 23.4. The van der Waals surface area contributed by atoms with Gasteiger partial charge >= 0.3 is 5.97 Å². The predicted octanol–water partition coefficient (Wildman–Crippen LogP) is 3.18. The van der Waals surface area contributed by atoms with Crippen molar-refractivity contribution >= 4 is 34.9 Å². The Labute approximate surface area is 126 Å². The number of nitrogens with two attached hydrogens (primary N) is 1. The van der Waals surface area contributed by atoms with Crippen LogP contribution in [0.5, 0.6) is 0 Å². The molecule has 0 atom stereocenters. The Morgan fingerprint density at radius 2 is 1.90 bits per heavy atom. The van der Waals surface area contributed by atoms with Crippen LogP contribution in [-0.2, 0) is 0 Å². The lowest BCUT2D eigenvalue weighted by Crippen LogP contribution is -2.16. The number of hydrogen-bond acceptors (Lipinski definition) is 3. The van der Waals surface area contributed by atoms with Crippen molar-refractivity contribution in [2.75, 3.05) is 11.1 Å². The van der Waals surface area contributed by atoms with Crippen molar-refractivity contribution in [2.45, 2.75) is 6.92 Å². The molecule has 0 aliphatic rings. The predicted molar refractivity (Wildman–Crippen MR) is 82.0 cm³/mol. The number of nitrogen functional groups attached to an aromatic ring is 1. The van der Waals surface area contributed by atoms with Crippen LogP contribution in [0.25, 0.3) is 0 Å². The molecule has 0 bridgehead atoms. The summed E-state index contributed by atoms with van der Waals surface area (Å²) in [6.45, 7) is 1.72. The summed E-state index contributed by atoms with van der Waals surface area (Å²) in [5, 5.41) is 12.2. The molecule has 0 unspecified atom stereocenters. The van der Waals surface area contributed by atoms with Crippen LogP contribution in [0.2, 0.25) is 5.02 Å². The quantitative estimate of drug-likeness (QED) is 0.759. The molecule has 2 rings (SSSR count). The zero-order valence-electron chi connectivity index (χ0n) is 11.2. The Bertz CT molecular complexity index is 729. The fraction of sp³-hybridized carbons (Fsp3) is 0.0667. The Hall–Kier alpha value is -2.53. The molecule has 0 aliphatic heterocycles.